The number of guanidine groups is 1. The highest BCUT2D eigenvalue weighted by atomic mass is 35.5. The Morgan fingerprint density at radius 3 is 2.86 bits per heavy atom. The molecule has 1 rings (SSSR count). The summed E-state index contributed by atoms with van der Waals surface area (Å²) >= 11 is 11.6. The van der Waals surface area contributed by atoms with E-state index in [1.165, 1.54) is 0 Å². The van der Waals surface area contributed by atoms with Crippen molar-refractivity contribution in [2.45, 2.75) is 0 Å². The van der Waals surface area contributed by atoms with Gasteiger partial charge in [-0.2, -0.15) is 5.26 Å². The lowest BCUT2D eigenvalue weighted by molar-refractivity contribution is 1.40. The largest absolute Gasteiger partial charge is 0.369 e. The van der Waals surface area contributed by atoms with E-state index in [1.54, 1.807) is 24.4 Å². The van der Waals surface area contributed by atoms with Gasteiger partial charge in [-0.1, -0.05) is 29.3 Å². The second-order valence-electron chi connectivity index (χ2n) is 2.32. The third-order valence-corrected chi connectivity index (χ3v) is 2.20. The van der Waals surface area contributed by atoms with Crippen LogP contribution in [0.5, 0.6) is 0 Å². The van der Waals surface area contributed by atoms with Crippen molar-refractivity contribution in [1.82, 2.24) is 0 Å². The Labute approximate surface area is 90.9 Å². The Bertz CT molecular complexity index is 408. The van der Waals surface area contributed by atoms with Crippen molar-refractivity contribution in [2.24, 2.45) is 10.7 Å². The molecule has 0 fully saturated rings. The van der Waals surface area contributed by atoms with E-state index in [0.717, 1.165) is 0 Å². The van der Waals surface area contributed by atoms with Gasteiger partial charge in [-0.05, 0) is 12.1 Å². The molecule has 0 aliphatic heterocycles. The molecule has 4 nitrogen and oxygen atoms in total. The lowest BCUT2D eigenvalue weighted by atomic mass is 10.3. The quantitative estimate of drug-likeness (QED) is 0.440. The standard InChI is InChI=1S/C8H6Cl2N4/c9-5-2-1-3-6(7(5)10)14-8(12)13-4-11/h1-3H,(H3,12,13,14). The number of anilines is 1. The molecule has 0 saturated heterocycles. The minimum absolute atomic E-state index is 0.0309. The van der Waals surface area contributed by atoms with Gasteiger partial charge in [0.05, 0.1) is 15.7 Å². The molecule has 0 unspecified atom stereocenters. The highest BCUT2D eigenvalue weighted by Crippen LogP contribution is 2.29. The first-order valence-corrected chi connectivity index (χ1v) is 4.34. The first-order chi connectivity index (χ1) is 6.65. The molecule has 0 bridgehead atoms. The maximum absolute atomic E-state index is 8.22. The molecule has 6 heteroatoms. The van der Waals surface area contributed by atoms with Crippen molar-refractivity contribution in [1.29, 1.82) is 5.26 Å². The van der Waals surface area contributed by atoms with Crippen LogP contribution in [0.15, 0.2) is 23.2 Å². The van der Waals surface area contributed by atoms with Crippen LogP contribution in [-0.4, -0.2) is 5.96 Å². The van der Waals surface area contributed by atoms with Crippen molar-refractivity contribution in [3.05, 3.63) is 28.2 Å². The van der Waals surface area contributed by atoms with Gasteiger partial charge in [0.25, 0.3) is 0 Å². The van der Waals surface area contributed by atoms with Gasteiger partial charge in [-0.25, -0.2) is 0 Å². The van der Waals surface area contributed by atoms with Crippen molar-refractivity contribution in [3.8, 4) is 6.19 Å². The van der Waals surface area contributed by atoms with Crippen LogP contribution in [0.25, 0.3) is 0 Å². The molecule has 3 N–H and O–H groups in total. The zero-order chi connectivity index (χ0) is 10.6. The van der Waals surface area contributed by atoms with E-state index in [4.69, 9.17) is 34.2 Å². The maximum Gasteiger partial charge on any atom is 0.209 e. The summed E-state index contributed by atoms with van der Waals surface area (Å²) in [6, 6.07) is 5.02. The highest BCUT2D eigenvalue weighted by molar-refractivity contribution is 6.43. The Hall–Kier alpha value is -1.44. The predicted octanol–water partition coefficient (Wildman–Crippen LogP) is 2.20. The van der Waals surface area contributed by atoms with Gasteiger partial charge in [-0.15, -0.1) is 4.99 Å². The molecule has 1 aromatic carbocycles. The molecule has 1 aromatic rings. The van der Waals surface area contributed by atoms with Gasteiger partial charge >= 0.3 is 0 Å². The van der Waals surface area contributed by atoms with Crippen molar-refractivity contribution in [2.75, 3.05) is 5.32 Å². The first kappa shape index (κ1) is 10.6. The highest BCUT2D eigenvalue weighted by Gasteiger charge is 2.04. The second-order valence-corrected chi connectivity index (χ2v) is 3.11. The van der Waals surface area contributed by atoms with Gasteiger partial charge < -0.3 is 11.1 Å². The molecular formula is C8H6Cl2N4. The summed E-state index contributed by atoms with van der Waals surface area (Å²) < 4.78 is 0. The van der Waals surface area contributed by atoms with E-state index in [2.05, 4.69) is 10.3 Å². The van der Waals surface area contributed by atoms with Crippen LogP contribution in [-0.2, 0) is 0 Å². The van der Waals surface area contributed by atoms with E-state index >= 15 is 0 Å². The molecule has 0 saturated carbocycles. The molecule has 0 heterocycles. The summed E-state index contributed by atoms with van der Waals surface area (Å²) in [5.74, 6) is -0.0309. The zero-order valence-corrected chi connectivity index (χ0v) is 8.47. The van der Waals surface area contributed by atoms with E-state index in [9.17, 15) is 0 Å². The third-order valence-electron chi connectivity index (χ3n) is 1.38. The summed E-state index contributed by atoms with van der Waals surface area (Å²) in [5.41, 5.74) is 5.86. The van der Waals surface area contributed by atoms with Crippen molar-refractivity contribution >= 4 is 34.8 Å². The Balaban J connectivity index is 2.94. The summed E-state index contributed by atoms with van der Waals surface area (Å²) in [7, 11) is 0. The fourth-order valence-electron chi connectivity index (χ4n) is 0.820. The van der Waals surface area contributed by atoms with Gasteiger partial charge in [0.2, 0.25) is 12.2 Å². The average molecular weight is 229 g/mol. The number of nitrogens with two attached hydrogens (primary N) is 1. The lowest BCUT2D eigenvalue weighted by Crippen LogP contribution is -2.22. The zero-order valence-electron chi connectivity index (χ0n) is 6.96. The van der Waals surface area contributed by atoms with Crippen LogP contribution in [0.1, 0.15) is 0 Å². The first-order valence-electron chi connectivity index (χ1n) is 3.58. The van der Waals surface area contributed by atoms with Crippen LogP contribution >= 0.6 is 23.2 Å². The summed E-state index contributed by atoms with van der Waals surface area (Å²) in [5, 5.41) is 11.6. The summed E-state index contributed by atoms with van der Waals surface area (Å²) in [6.07, 6.45) is 1.55. The number of benzene rings is 1. The molecule has 0 amide bonds. The number of aliphatic imine (C=N–C) groups is 1. The fourth-order valence-corrected chi connectivity index (χ4v) is 1.17. The molecule has 72 valence electrons. The third kappa shape index (κ3) is 2.52. The molecule has 0 atom stereocenters. The van der Waals surface area contributed by atoms with Gasteiger partial charge in [0, 0.05) is 0 Å². The molecular weight excluding hydrogens is 223 g/mol. The SMILES string of the molecule is N#CN=C(N)Nc1cccc(Cl)c1Cl. The van der Waals surface area contributed by atoms with Crippen LogP contribution in [0.3, 0.4) is 0 Å². The van der Waals surface area contributed by atoms with Crippen LogP contribution < -0.4 is 11.1 Å². The van der Waals surface area contributed by atoms with E-state index < -0.39 is 0 Å². The van der Waals surface area contributed by atoms with Crippen LogP contribution in [0.2, 0.25) is 10.0 Å². The average Bonchev–Trinajstić information content (AvgIpc) is 2.13. The Morgan fingerprint density at radius 2 is 2.21 bits per heavy atom. The fraction of sp³-hybridized carbons (Fsp3) is 0. The minimum atomic E-state index is -0.0309. The number of rotatable bonds is 1. The van der Waals surface area contributed by atoms with Crippen LogP contribution in [0.4, 0.5) is 5.69 Å². The molecule has 14 heavy (non-hydrogen) atoms. The Morgan fingerprint density at radius 1 is 1.50 bits per heavy atom. The lowest BCUT2D eigenvalue weighted by Gasteiger charge is -2.06. The number of nitriles is 1. The smallest absolute Gasteiger partial charge is 0.209 e. The van der Waals surface area contributed by atoms with E-state index in [-0.39, 0.29) is 5.96 Å². The van der Waals surface area contributed by atoms with Gasteiger partial charge in [0.15, 0.2) is 0 Å². The summed E-state index contributed by atoms with van der Waals surface area (Å²) in [6.45, 7) is 0. The number of halogens is 2. The van der Waals surface area contributed by atoms with Gasteiger partial charge in [-0.3, -0.25) is 0 Å². The topological polar surface area (TPSA) is 74.2 Å². The number of nitrogens with zero attached hydrogens (tertiary/aromatic N) is 2. The minimum Gasteiger partial charge on any atom is -0.369 e. The number of hydrogen-bond acceptors (Lipinski definition) is 2. The number of hydrogen-bond donors (Lipinski definition) is 2. The maximum atomic E-state index is 8.22. The number of nitrogens with one attached hydrogen (secondary N) is 1. The molecule has 0 aliphatic rings. The van der Waals surface area contributed by atoms with Crippen molar-refractivity contribution < 1.29 is 0 Å². The predicted molar refractivity (Wildman–Crippen MR) is 57.3 cm³/mol. The van der Waals surface area contributed by atoms with Crippen LogP contribution in [0, 0.1) is 11.5 Å². The van der Waals surface area contributed by atoms with Gasteiger partial charge in [0.1, 0.15) is 0 Å². The molecule has 0 spiro atoms. The molecule has 0 radical (unpaired) electrons. The Kier molecular flexibility index (Phi) is 3.57. The van der Waals surface area contributed by atoms with E-state index in [1.807, 2.05) is 0 Å². The van der Waals surface area contributed by atoms with Crippen molar-refractivity contribution in [3.63, 3.8) is 0 Å². The second kappa shape index (κ2) is 4.70. The molecule has 0 aromatic heterocycles. The van der Waals surface area contributed by atoms with E-state index in [0.29, 0.717) is 15.7 Å². The molecule has 0 aliphatic carbocycles. The normalized spacial score (nSPS) is 10.8. The monoisotopic (exact) mass is 228 g/mol. The summed E-state index contributed by atoms with van der Waals surface area (Å²) in [4.78, 5) is 3.28.